The summed E-state index contributed by atoms with van der Waals surface area (Å²) < 4.78 is 0. The Bertz CT molecular complexity index is 1030. The molecular formula is C24H25N3O3. The normalized spacial score (nSPS) is 15.1. The number of anilines is 1. The summed E-state index contributed by atoms with van der Waals surface area (Å²) in [5.41, 5.74) is 1.60. The van der Waals surface area contributed by atoms with Crippen molar-refractivity contribution in [1.82, 2.24) is 10.2 Å². The van der Waals surface area contributed by atoms with Crippen molar-refractivity contribution in [1.29, 1.82) is 0 Å². The molecule has 2 amide bonds. The van der Waals surface area contributed by atoms with Crippen molar-refractivity contribution in [3.05, 3.63) is 78.4 Å². The molecule has 0 aromatic heterocycles. The van der Waals surface area contributed by atoms with E-state index in [0.29, 0.717) is 31.7 Å². The summed E-state index contributed by atoms with van der Waals surface area (Å²) >= 11 is 0. The summed E-state index contributed by atoms with van der Waals surface area (Å²) in [6.45, 7) is 2.10. The lowest BCUT2D eigenvalue weighted by atomic mass is 10.1. The van der Waals surface area contributed by atoms with Gasteiger partial charge in [0.15, 0.2) is 0 Å². The highest BCUT2D eigenvalue weighted by Crippen LogP contribution is 2.17. The van der Waals surface area contributed by atoms with Crippen LogP contribution < -0.4 is 10.2 Å². The zero-order valence-corrected chi connectivity index (χ0v) is 16.7. The first kappa shape index (κ1) is 19.9. The van der Waals surface area contributed by atoms with Crippen molar-refractivity contribution in [2.45, 2.75) is 6.04 Å². The van der Waals surface area contributed by atoms with Gasteiger partial charge in [-0.3, -0.25) is 9.59 Å². The number of amides is 2. The van der Waals surface area contributed by atoms with E-state index < -0.39 is 12.6 Å². The highest BCUT2D eigenvalue weighted by molar-refractivity contribution is 6.00. The van der Waals surface area contributed by atoms with Gasteiger partial charge in [-0.1, -0.05) is 48.5 Å². The molecule has 0 saturated carbocycles. The molecule has 0 spiro atoms. The lowest BCUT2D eigenvalue weighted by Gasteiger charge is -2.37. The Hall–Kier alpha value is -3.38. The van der Waals surface area contributed by atoms with Crippen LogP contribution in [0.15, 0.2) is 72.8 Å². The second-order valence-electron chi connectivity index (χ2n) is 7.42. The average Bonchev–Trinajstić information content (AvgIpc) is 2.82. The molecule has 1 saturated heterocycles. The van der Waals surface area contributed by atoms with Crippen LogP contribution in [0.2, 0.25) is 0 Å². The lowest BCUT2D eigenvalue weighted by Crippen LogP contribution is -2.56. The first-order chi connectivity index (χ1) is 14.7. The van der Waals surface area contributed by atoms with Crippen LogP contribution in [0.5, 0.6) is 0 Å². The zero-order valence-electron chi connectivity index (χ0n) is 16.7. The highest BCUT2D eigenvalue weighted by atomic mass is 16.3. The average molecular weight is 403 g/mol. The summed E-state index contributed by atoms with van der Waals surface area (Å²) in [6.07, 6.45) is 0. The zero-order chi connectivity index (χ0) is 20.9. The van der Waals surface area contributed by atoms with E-state index in [2.05, 4.69) is 22.3 Å². The number of fused-ring (bicyclic) bond motifs is 1. The molecule has 6 nitrogen and oxygen atoms in total. The minimum absolute atomic E-state index is 0.251. The van der Waals surface area contributed by atoms with E-state index >= 15 is 0 Å². The van der Waals surface area contributed by atoms with Crippen molar-refractivity contribution < 1.29 is 14.7 Å². The molecule has 1 fully saturated rings. The minimum Gasteiger partial charge on any atom is -0.394 e. The van der Waals surface area contributed by atoms with Crippen LogP contribution in [0.3, 0.4) is 0 Å². The van der Waals surface area contributed by atoms with Gasteiger partial charge in [-0.05, 0) is 35.0 Å². The van der Waals surface area contributed by atoms with Gasteiger partial charge in [-0.2, -0.15) is 0 Å². The topological polar surface area (TPSA) is 72.9 Å². The highest BCUT2D eigenvalue weighted by Gasteiger charge is 2.28. The Labute approximate surface area is 175 Å². The molecule has 0 bridgehead atoms. The van der Waals surface area contributed by atoms with Gasteiger partial charge in [0.05, 0.1) is 6.61 Å². The Morgan fingerprint density at radius 3 is 2.23 bits per heavy atom. The van der Waals surface area contributed by atoms with Gasteiger partial charge < -0.3 is 20.2 Å². The number of piperazine rings is 1. The first-order valence-corrected chi connectivity index (χ1v) is 10.1. The molecule has 1 aliphatic rings. The van der Waals surface area contributed by atoms with Crippen molar-refractivity contribution in [3.8, 4) is 0 Å². The molecule has 1 heterocycles. The second kappa shape index (κ2) is 8.97. The van der Waals surface area contributed by atoms with E-state index in [1.165, 1.54) is 0 Å². The molecule has 0 aliphatic carbocycles. The van der Waals surface area contributed by atoms with Crippen LogP contribution in [-0.2, 0) is 4.79 Å². The molecule has 2 N–H and O–H groups in total. The van der Waals surface area contributed by atoms with Gasteiger partial charge in [0.25, 0.3) is 5.91 Å². The third kappa shape index (κ3) is 4.28. The van der Waals surface area contributed by atoms with E-state index in [-0.39, 0.29) is 11.8 Å². The number of hydrogen-bond donors (Lipinski definition) is 2. The van der Waals surface area contributed by atoms with E-state index in [9.17, 15) is 14.7 Å². The van der Waals surface area contributed by atoms with E-state index in [4.69, 9.17) is 0 Å². The molecule has 1 atom stereocenters. The number of nitrogens with one attached hydrogen (secondary N) is 1. The van der Waals surface area contributed by atoms with Gasteiger partial charge in [0.1, 0.15) is 6.04 Å². The number of carbonyl (C=O) groups is 2. The largest absolute Gasteiger partial charge is 0.394 e. The Balaban J connectivity index is 1.38. The van der Waals surface area contributed by atoms with Crippen LogP contribution in [0, 0.1) is 0 Å². The van der Waals surface area contributed by atoms with Crippen LogP contribution >= 0.6 is 0 Å². The van der Waals surface area contributed by atoms with Crippen LogP contribution in [0.25, 0.3) is 10.8 Å². The van der Waals surface area contributed by atoms with E-state index in [1.807, 2.05) is 48.5 Å². The predicted octanol–water partition coefficient (Wildman–Crippen LogP) is 2.28. The van der Waals surface area contributed by atoms with Crippen LogP contribution in [0.4, 0.5) is 5.69 Å². The summed E-state index contributed by atoms with van der Waals surface area (Å²) in [5.74, 6) is -0.615. The Kier molecular flexibility index (Phi) is 5.95. The van der Waals surface area contributed by atoms with Gasteiger partial charge in [-0.15, -0.1) is 0 Å². The Morgan fingerprint density at radius 1 is 0.867 bits per heavy atom. The predicted molar refractivity (Wildman–Crippen MR) is 118 cm³/mol. The van der Waals surface area contributed by atoms with Gasteiger partial charge in [0, 0.05) is 37.4 Å². The smallest absolute Gasteiger partial charge is 0.252 e. The Morgan fingerprint density at radius 2 is 1.53 bits per heavy atom. The number of rotatable bonds is 5. The van der Waals surface area contributed by atoms with Crippen molar-refractivity contribution in [2.24, 2.45) is 0 Å². The van der Waals surface area contributed by atoms with Gasteiger partial charge >= 0.3 is 0 Å². The minimum atomic E-state index is -0.952. The fourth-order valence-corrected chi connectivity index (χ4v) is 3.80. The first-order valence-electron chi connectivity index (χ1n) is 10.1. The third-order valence-electron chi connectivity index (χ3n) is 5.51. The van der Waals surface area contributed by atoms with Crippen molar-refractivity contribution >= 4 is 28.3 Å². The lowest BCUT2D eigenvalue weighted by molar-refractivity contribution is -0.134. The van der Waals surface area contributed by atoms with Crippen LogP contribution in [0.1, 0.15) is 10.4 Å². The standard InChI is InChI=1S/C24H25N3O3/c28-17-22(25-23(29)20-11-10-18-6-4-5-7-19(18)16-20)24(30)27-14-12-26(13-15-27)21-8-2-1-3-9-21/h1-11,16,22,28H,12-15,17H2,(H,25,29). The maximum atomic E-state index is 12.9. The maximum Gasteiger partial charge on any atom is 0.252 e. The number of hydrogen-bond acceptors (Lipinski definition) is 4. The summed E-state index contributed by atoms with van der Waals surface area (Å²) in [7, 11) is 0. The second-order valence-corrected chi connectivity index (χ2v) is 7.42. The molecule has 154 valence electrons. The molecule has 0 radical (unpaired) electrons. The molecule has 3 aromatic rings. The molecular weight excluding hydrogens is 378 g/mol. The van der Waals surface area contributed by atoms with E-state index in [0.717, 1.165) is 16.5 Å². The fourth-order valence-electron chi connectivity index (χ4n) is 3.80. The van der Waals surface area contributed by atoms with Crippen molar-refractivity contribution in [3.63, 3.8) is 0 Å². The molecule has 1 aliphatic heterocycles. The number of para-hydroxylation sites is 1. The van der Waals surface area contributed by atoms with Crippen molar-refractivity contribution in [2.75, 3.05) is 37.7 Å². The number of aliphatic hydroxyl groups excluding tert-OH is 1. The summed E-state index contributed by atoms with van der Waals surface area (Å²) in [6, 6.07) is 22.3. The molecule has 6 heteroatoms. The van der Waals surface area contributed by atoms with Gasteiger partial charge in [-0.25, -0.2) is 0 Å². The monoisotopic (exact) mass is 403 g/mol. The number of carbonyl (C=O) groups excluding carboxylic acids is 2. The molecule has 3 aromatic carbocycles. The quantitative estimate of drug-likeness (QED) is 0.686. The summed E-state index contributed by atoms with van der Waals surface area (Å²) in [5, 5.41) is 14.4. The third-order valence-corrected chi connectivity index (χ3v) is 5.51. The summed E-state index contributed by atoms with van der Waals surface area (Å²) in [4.78, 5) is 29.5. The maximum absolute atomic E-state index is 12.9. The van der Waals surface area contributed by atoms with Gasteiger partial charge in [0.2, 0.25) is 5.91 Å². The fraction of sp³-hybridized carbons (Fsp3) is 0.250. The molecule has 30 heavy (non-hydrogen) atoms. The molecule has 1 unspecified atom stereocenters. The SMILES string of the molecule is O=C(NC(CO)C(=O)N1CCN(c2ccccc2)CC1)c1ccc2ccccc2c1. The number of benzene rings is 3. The van der Waals surface area contributed by atoms with Crippen LogP contribution in [-0.4, -0.2) is 60.6 Å². The number of nitrogens with zero attached hydrogens (tertiary/aromatic N) is 2. The van der Waals surface area contributed by atoms with E-state index in [1.54, 1.807) is 17.0 Å². The molecule has 4 rings (SSSR count). The number of aliphatic hydroxyl groups is 1.